The molecule has 1 aliphatic rings. The molecule has 2 N–H and O–H groups in total. The summed E-state index contributed by atoms with van der Waals surface area (Å²) in [6, 6.07) is 0.369. The van der Waals surface area contributed by atoms with Crippen molar-refractivity contribution in [3.8, 4) is 0 Å². The number of hydrogen-bond acceptors (Lipinski definition) is 3. The third-order valence-corrected chi connectivity index (χ3v) is 5.81. The quantitative estimate of drug-likeness (QED) is 0.607. The van der Waals surface area contributed by atoms with Crippen LogP contribution in [0.4, 0.5) is 0 Å². The van der Waals surface area contributed by atoms with Crippen molar-refractivity contribution in [2.24, 2.45) is 4.99 Å². The van der Waals surface area contributed by atoms with E-state index in [2.05, 4.69) is 20.6 Å². The van der Waals surface area contributed by atoms with E-state index in [1.54, 1.807) is 13.2 Å². The summed E-state index contributed by atoms with van der Waals surface area (Å²) >= 11 is 0. The second-order valence-electron chi connectivity index (χ2n) is 5.60. The summed E-state index contributed by atoms with van der Waals surface area (Å²) in [5.41, 5.74) is 0. The van der Waals surface area contributed by atoms with Gasteiger partial charge >= 0.3 is 0 Å². The van der Waals surface area contributed by atoms with Gasteiger partial charge in [-0.2, -0.15) is 0 Å². The fourth-order valence-corrected chi connectivity index (χ4v) is 4.21. The summed E-state index contributed by atoms with van der Waals surface area (Å²) in [5, 5.41) is 7.14. The maximum Gasteiger partial charge on any atom is 0.191 e. The lowest BCUT2D eigenvalue weighted by molar-refractivity contribution is 0.413. The number of guanidine groups is 1. The van der Waals surface area contributed by atoms with Crippen LogP contribution in [0.1, 0.15) is 32.6 Å². The molecular weight excluding hydrogens is 298 g/mol. The minimum absolute atomic E-state index is 0.334. The topological polar surface area (TPSA) is 71.3 Å². The fourth-order valence-electron chi connectivity index (χ4n) is 2.86. The molecule has 3 unspecified atom stereocenters. The van der Waals surface area contributed by atoms with E-state index < -0.39 is 10.8 Å². The van der Waals surface area contributed by atoms with Crippen molar-refractivity contribution in [1.82, 2.24) is 20.2 Å². The standard InChI is InChI=1S/C15H27N5OS/c1-3-22(21)14-6-4-5-13(11-14)19-15(16-2)18-8-10-20-9-7-17-12-20/h7,9,12-14H,3-6,8,10-11H2,1-2H3,(H2,16,18,19). The van der Waals surface area contributed by atoms with Gasteiger partial charge in [0.15, 0.2) is 5.96 Å². The Labute approximate surface area is 135 Å². The van der Waals surface area contributed by atoms with Crippen molar-refractivity contribution in [1.29, 1.82) is 0 Å². The van der Waals surface area contributed by atoms with Crippen LogP contribution < -0.4 is 10.6 Å². The second kappa shape index (κ2) is 8.92. The highest BCUT2D eigenvalue weighted by Crippen LogP contribution is 2.22. The molecule has 0 aromatic carbocycles. The molecule has 0 amide bonds. The minimum atomic E-state index is -0.687. The summed E-state index contributed by atoms with van der Waals surface area (Å²) in [7, 11) is 1.10. The van der Waals surface area contributed by atoms with Crippen LogP contribution >= 0.6 is 0 Å². The van der Waals surface area contributed by atoms with E-state index in [4.69, 9.17) is 0 Å². The normalized spacial score (nSPS) is 24.0. The first-order valence-electron chi connectivity index (χ1n) is 8.03. The van der Waals surface area contributed by atoms with E-state index in [0.717, 1.165) is 50.5 Å². The van der Waals surface area contributed by atoms with Gasteiger partial charge in [-0.3, -0.25) is 9.20 Å². The van der Waals surface area contributed by atoms with Crippen LogP contribution in [0.25, 0.3) is 0 Å². The van der Waals surface area contributed by atoms with Gasteiger partial charge in [-0.25, -0.2) is 4.98 Å². The lowest BCUT2D eigenvalue weighted by Crippen LogP contribution is -2.47. The average molecular weight is 325 g/mol. The number of nitrogens with one attached hydrogen (secondary N) is 2. The Balaban J connectivity index is 1.76. The Kier molecular flexibility index (Phi) is 6.89. The first-order valence-corrected chi connectivity index (χ1v) is 9.41. The van der Waals surface area contributed by atoms with Gasteiger partial charge < -0.3 is 15.2 Å². The molecular formula is C15H27N5OS. The third-order valence-electron chi connectivity index (χ3n) is 4.07. The maximum absolute atomic E-state index is 12.0. The number of aliphatic imine (C=N–C) groups is 1. The smallest absolute Gasteiger partial charge is 0.191 e. The number of nitrogens with zero attached hydrogens (tertiary/aromatic N) is 3. The largest absolute Gasteiger partial charge is 0.355 e. The highest BCUT2D eigenvalue weighted by Gasteiger charge is 2.25. The predicted octanol–water partition coefficient (Wildman–Crippen LogP) is 1.13. The zero-order chi connectivity index (χ0) is 15.8. The van der Waals surface area contributed by atoms with Gasteiger partial charge in [-0.1, -0.05) is 13.3 Å². The molecule has 3 atom stereocenters. The molecule has 2 rings (SSSR count). The summed E-state index contributed by atoms with van der Waals surface area (Å²) in [6.45, 7) is 3.66. The average Bonchev–Trinajstić information content (AvgIpc) is 3.06. The maximum atomic E-state index is 12.0. The van der Waals surface area contributed by atoms with Crippen LogP contribution in [0, 0.1) is 0 Å². The molecule has 0 bridgehead atoms. The molecule has 1 fully saturated rings. The summed E-state index contributed by atoms with van der Waals surface area (Å²) < 4.78 is 14.0. The Morgan fingerprint density at radius 3 is 3.05 bits per heavy atom. The molecule has 0 aliphatic heterocycles. The molecule has 0 spiro atoms. The lowest BCUT2D eigenvalue weighted by Gasteiger charge is -2.30. The molecule has 1 aromatic heterocycles. The van der Waals surface area contributed by atoms with Gasteiger partial charge in [-0.15, -0.1) is 0 Å². The van der Waals surface area contributed by atoms with Crippen molar-refractivity contribution < 1.29 is 4.21 Å². The summed E-state index contributed by atoms with van der Waals surface area (Å²) in [6.07, 6.45) is 9.87. The molecule has 22 heavy (non-hydrogen) atoms. The Morgan fingerprint density at radius 1 is 1.50 bits per heavy atom. The molecule has 7 heteroatoms. The van der Waals surface area contributed by atoms with Crippen molar-refractivity contribution in [3.05, 3.63) is 18.7 Å². The zero-order valence-corrected chi connectivity index (χ0v) is 14.3. The zero-order valence-electron chi connectivity index (χ0n) is 13.5. The molecule has 1 aromatic rings. The predicted molar refractivity (Wildman–Crippen MR) is 91.5 cm³/mol. The van der Waals surface area contributed by atoms with Gasteiger partial charge in [0.1, 0.15) is 0 Å². The van der Waals surface area contributed by atoms with Gasteiger partial charge in [-0.05, 0) is 19.3 Å². The van der Waals surface area contributed by atoms with E-state index >= 15 is 0 Å². The van der Waals surface area contributed by atoms with Gasteiger partial charge in [0, 0.05) is 60.4 Å². The van der Waals surface area contributed by atoms with E-state index in [-0.39, 0.29) is 0 Å². The second-order valence-corrected chi connectivity index (χ2v) is 7.60. The van der Waals surface area contributed by atoms with E-state index in [0.29, 0.717) is 11.3 Å². The van der Waals surface area contributed by atoms with E-state index in [9.17, 15) is 4.21 Å². The first-order chi connectivity index (χ1) is 10.7. The van der Waals surface area contributed by atoms with Gasteiger partial charge in [0.25, 0.3) is 0 Å². The minimum Gasteiger partial charge on any atom is -0.355 e. The molecule has 1 saturated carbocycles. The van der Waals surface area contributed by atoms with E-state index in [1.807, 2.05) is 24.0 Å². The highest BCUT2D eigenvalue weighted by molar-refractivity contribution is 7.85. The monoisotopic (exact) mass is 325 g/mol. The fraction of sp³-hybridized carbons (Fsp3) is 0.733. The van der Waals surface area contributed by atoms with Crippen molar-refractivity contribution >= 4 is 16.8 Å². The Bertz CT molecular complexity index is 488. The van der Waals surface area contributed by atoms with Crippen LogP contribution in [0.3, 0.4) is 0 Å². The lowest BCUT2D eigenvalue weighted by atomic mass is 9.95. The number of aromatic nitrogens is 2. The van der Waals surface area contributed by atoms with Crippen molar-refractivity contribution in [3.63, 3.8) is 0 Å². The number of rotatable bonds is 6. The van der Waals surface area contributed by atoms with Crippen molar-refractivity contribution in [2.45, 2.75) is 50.4 Å². The summed E-state index contributed by atoms with van der Waals surface area (Å²) in [5.74, 6) is 1.59. The SMILES string of the molecule is CCS(=O)C1CCCC(NC(=NC)NCCn2ccnc2)C1. The molecule has 6 nitrogen and oxygen atoms in total. The molecule has 0 saturated heterocycles. The third kappa shape index (κ3) is 5.12. The first kappa shape index (κ1) is 17.0. The van der Waals surface area contributed by atoms with E-state index in [1.165, 1.54) is 0 Å². The van der Waals surface area contributed by atoms with Gasteiger partial charge in [0.2, 0.25) is 0 Å². The Morgan fingerprint density at radius 2 is 2.36 bits per heavy atom. The summed E-state index contributed by atoms with van der Waals surface area (Å²) in [4.78, 5) is 8.31. The molecule has 1 aliphatic carbocycles. The number of imidazole rings is 1. The van der Waals surface area contributed by atoms with Crippen LogP contribution in [-0.2, 0) is 17.3 Å². The molecule has 0 radical (unpaired) electrons. The molecule has 124 valence electrons. The van der Waals surface area contributed by atoms with Crippen LogP contribution in [0.2, 0.25) is 0 Å². The van der Waals surface area contributed by atoms with Crippen LogP contribution in [-0.4, -0.2) is 50.4 Å². The van der Waals surface area contributed by atoms with Crippen molar-refractivity contribution in [2.75, 3.05) is 19.3 Å². The number of hydrogen-bond donors (Lipinski definition) is 2. The highest BCUT2D eigenvalue weighted by atomic mass is 32.2. The van der Waals surface area contributed by atoms with Gasteiger partial charge in [0.05, 0.1) is 6.33 Å². The molecule has 1 heterocycles. The Hall–Kier alpha value is -1.37. The van der Waals surface area contributed by atoms with Crippen LogP contribution in [0.5, 0.6) is 0 Å². The van der Waals surface area contributed by atoms with Crippen LogP contribution in [0.15, 0.2) is 23.7 Å².